The summed E-state index contributed by atoms with van der Waals surface area (Å²) < 4.78 is 0. The van der Waals surface area contributed by atoms with Crippen LogP contribution in [0.4, 0.5) is 0 Å². The van der Waals surface area contributed by atoms with Gasteiger partial charge >= 0.3 is 0 Å². The van der Waals surface area contributed by atoms with Gasteiger partial charge in [0.1, 0.15) is 0 Å². The molecule has 0 fully saturated rings. The number of hydrogen-bond acceptors (Lipinski definition) is 1. The molecule has 0 aliphatic rings. The number of halogens is 1. The molecule has 0 heterocycles. The molecule has 0 amide bonds. The molecule has 3 nitrogen and oxygen atoms in total. The summed E-state index contributed by atoms with van der Waals surface area (Å²) >= 11 is 5.86. The van der Waals surface area contributed by atoms with Gasteiger partial charge in [-0.2, -0.15) is 0 Å². The fraction of sp³-hybridized carbons (Fsp3) is 0.0667. The smallest absolute Gasteiger partial charge is 0.0517 e. The number of rotatable bonds is 4. The van der Waals surface area contributed by atoms with Gasteiger partial charge in [-0.3, -0.25) is 0 Å². The Bertz CT molecular complexity index is 612. The standard InChI is InChI=1S/C15H12ClN3/c16-15-8-6-12(7-9-15)10-14(11-18-19-17)13-4-2-1-3-5-13/h1-10H,11H2/b14-10+. The summed E-state index contributed by atoms with van der Waals surface area (Å²) in [6.07, 6.45) is 2.00. The summed E-state index contributed by atoms with van der Waals surface area (Å²) in [5.41, 5.74) is 11.5. The third kappa shape index (κ3) is 3.88. The van der Waals surface area contributed by atoms with Crippen molar-refractivity contribution in [2.45, 2.75) is 0 Å². The van der Waals surface area contributed by atoms with Crippen LogP contribution in [0.25, 0.3) is 22.1 Å². The summed E-state index contributed by atoms with van der Waals surface area (Å²) in [6, 6.07) is 17.4. The van der Waals surface area contributed by atoms with Crippen molar-refractivity contribution in [3.63, 3.8) is 0 Å². The van der Waals surface area contributed by atoms with Crippen LogP contribution in [0.5, 0.6) is 0 Å². The highest BCUT2D eigenvalue weighted by Gasteiger charge is 2.00. The molecule has 0 spiro atoms. The quantitative estimate of drug-likeness (QED) is 0.317. The van der Waals surface area contributed by atoms with Gasteiger partial charge in [-0.25, -0.2) is 0 Å². The first-order valence-electron chi connectivity index (χ1n) is 5.82. The van der Waals surface area contributed by atoms with Crippen LogP contribution in [-0.2, 0) is 0 Å². The third-order valence-corrected chi connectivity index (χ3v) is 2.91. The molecule has 0 aliphatic heterocycles. The molecular formula is C15H12ClN3. The van der Waals surface area contributed by atoms with E-state index in [-0.39, 0.29) is 0 Å². The molecular weight excluding hydrogens is 258 g/mol. The van der Waals surface area contributed by atoms with Gasteiger partial charge in [0.25, 0.3) is 0 Å². The molecule has 19 heavy (non-hydrogen) atoms. The van der Waals surface area contributed by atoms with Crippen LogP contribution in [0.3, 0.4) is 0 Å². The van der Waals surface area contributed by atoms with E-state index >= 15 is 0 Å². The minimum atomic E-state index is 0.323. The van der Waals surface area contributed by atoms with Crippen LogP contribution in [0.1, 0.15) is 11.1 Å². The third-order valence-electron chi connectivity index (χ3n) is 2.66. The Balaban J connectivity index is 2.37. The highest BCUT2D eigenvalue weighted by molar-refractivity contribution is 6.30. The molecule has 2 aromatic rings. The lowest BCUT2D eigenvalue weighted by molar-refractivity contribution is 1.23. The lowest BCUT2D eigenvalue weighted by atomic mass is 10.0. The first-order valence-corrected chi connectivity index (χ1v) is 6.20. The van der Waals surface area contributed by atoms with Crippen molar-refractivity contribution < 1.29 is 0 Å². The number of benzene rings is 2. The van der Waals surface area contributed by atoms with Crippen molar-refractivity contribution in [1.82, 2.24) is 0 Å². The SMILES string of the molecule is [N-]=[N+]=NC/C(=C\c1ccc(Cl)cc1)c1ccccc1. The normalized spacial score (nSPS) is 10.9. The van der Waals surface area contributed by atoms with Crippen molar-refractivity contribution in [2.75, 3.05) is 6.54 Å². The van der Waals surface area contributed by atoms with Crippen LogP contribution >= 0.6 is 11.6 Å². The second-order valence-corrected chi connectivity index (χ2v) is 4.41. The maximum absolute atomic E-state index is 8.48. The second kappa shape index (κ2) is 6.64. The summed E-state index contributed by atoms with van der Waals surface area (Å²) in [6.45, 7) is 0.323. The van der Waals surface area contributed by atoms with E-state index in [1.807, 2.05) is 60.7 Å². The van der Waals surface area contributed by atoms with Crippen LogP contribution in [0, 0.1) is 0 Å². The molecule has 0 saturated heterocycles. The predicted molar refractivity (Wildman–Crippen MR) is 79.8 cm³/mol. The van der Waals surface area contributed by atoms with Gasteiger partial charge in [-0.05, 0) is 34.4 Å². The van der Waals surface area contributed by atoms with Crippen molar-refractivity contribution in [3.05, 3.63) is 81.2 Å². The van der Waals surface area contributed by atoms with Gasteiger partial charge in [0.05, 0.1) is 6.54 Å². The molecule has 94 valence electrons. The van der Waals surface area contributed by atoms with E-state index in [0.717, 1.165) is 16.7 Å². The maximum atomic E-state index is 8.48. The molecule has 0 aromatic heterocycles. The largest absolute Gasteiger partial charge is 0.0893 e. The van der Waals surface area contributed by atoms with Crippen LogP contribution < -0.4 is 0 Å². The molecule has 0 aliphatic carbocycles. The maximum Gasteiger partial charge on any atom is 0.0517 e. The zero-order valence-corrected chi connectivity index (χ0v) is 11.0. The van der Waals surface area contributed by atoms with Gasteiger partial charge in [0.15, 0.2) is 0 Å². The Morgan fingerprint density at radius 1 is 1.11 bits per heavy atom. The van der Waals surface area contributed by atoms with Crippen molar-refractivity contribution in [2.24, 2.45) is 5.11 Å². The van der Waals surface area contributed by atoms with Crippen LogP contribution in [-0.4, -0.2) is 6.54 Å². The number of hydrogen-bond donors (Lipinski definition) is 0. The van der Waals surface area contributed by atoms with E-state index in [1.165, 1.54) is 0 Å². The summed E-state index contributed by atoms with van der Waals surface area (Å²) in [5.74, 6) is 0. The van der Waals surface area contributed by atoms with Gasteiger partial charge in [0, 0.05) is 9.93 Å². The van der Waals surface area contributed by atoms with Crippen molar-refractivity contribution >= 4 is 23.3 Å². The molecule has 0 N–H and O–H groups in total. The first kappa shape index (κ1) is 13.2. The van der Waals surface area contributed by atoms with Crippen LogP contribution in [0.15, 0.2) is 59.7 Å². The molecule has 0 unspecified atom stereocenters. The van der Waals surface area contributed by atoms with E-state index in [1.54, 1.807) is 0 Å². The Hall–Kier alpha value is -2.22. The van der Waals surface area contributed by atoms with E-state index in [0.29, 0.717) is 11.6 Å². The molecule has 0 atom stereocenters. The van der Waals surface area contributed by atoms with E-state index in [2.05, 4.69) is 10.0 Å². The van der Waals surface area contributed by atoms with E-state index in [9.17, 15) is 0 Å². The van der Waals surface area contributed by atoms with Crippen LogP contribution in [0.2, 0.25) is 5.02 Å². The number of azide groups is 1. The zero-order valence-electron chi connectivity index (χ0n) is 10.2. The lowest BCUT2D eigenvalue weighted by Gasteiger charge is -2.05. The molecule has 0 saturated carbocycles. The molecule has 2 aromatic carbocycles. The minimum absolute atomic E-state index is 0.323. The molecule has 2 rings (SSSR count). The monoisotopic (exact) mass is 269 g/mol. The van der Waals surface area contributed by atoms with E-state index < -0.39 is 0 Å². The fourth-order valence-electron chi connectivity index (χ4n) is 1.74. The van der Waals surface area contributed by atoms with Gasteiger partial charge in [0.2, 0.25) is 0 Å². The summed E-state index contributed by atoms with van der Waals surface area (Å²) in [5, 5.41) is 4.35. The Labute approximate surface area is 116 Å². The topological polar surface area (TPSA) is 48.8 Å². The average molecular weight is 270 g/mol. The second-order valence-electron chi connectivity index (χ2n) is 3.98. The van der Waals surface area contributed by atoms with Crippen molar-refractivity contribution in [1.29, 1.82) is 0 Å². The first-order chi connectivity index (χ1) is 9.29. The molecule has 4 heteroatoms. The van der Waals surface area contributed by atoms with Gasteiger partial charge in [-0.1, -0.05) is 65.3 Å². The van der Waals surface area contributed by atoms with Gasteiger partial charge < -0.3 is 0 Å². The fourth-order valence-corrected chi connectivity index (χ4v) is 1.87. The Morgan fingerprint density at radius 2 is 1.79 bits per heavy atom. The van der Waals surface area contributed by atoms with Gasteiger partial charge in [-0.15, -0.1) is 0 Å². The highest BCUT2D eigenvalue weighted by atomic mass is 35.5. The number of nitrogens with zero attached hydrogens (tertiary/aromatic N) is 3. The average Bonchev–Trinajstić information content (AvgIpc) is 2.46. The lowest BCUT2D eigenvalue weighted by Crippen LogP contribution is -1.88. The molecule has 0 bridgehead atoms. The predicted octanol–water partition coefficient (Wildman–Crippen LogP) is 5.19. The zero-order chi connectivity index (χ0) is 13.5. The molecule has 0 radical (unpaired) electrons. The van der Waals surface area contributed by atoms with E-state index in [4.69, 9.17) is 17.1 Å². The summed E-state index contributed by atoms with van der Waals surface area (Å²) in [4.78, 5) is 2.82. The Kier molecular flexibility index (Phi) is 4.62. The Morgan fingerprint density at radius 3 is 2.42 bits per heavy atom. The minimum Gasteiger partial charge on any atom is -0.0893 e. The van der Waals surface area contributed by atoms with Crippen molar-refractivity contribution in [3.8, 4) is 0 Å². The highest BCUT2D eigenvalue weighted by Crippen LogP contribution is 2.20. The summed E-state index contributed by atoms with van der Waals surface area (Å²) in [7, 11) is 0.